The van der Waals surface area contributed by atoms with Gasteiger partial charge in [-0.15, -0.1) is 0 Å². The van der Waals surface area contributed by atoms with E-state index in [1.165, 1.54) is 0 Å². The first-order valence-electron chi connectivity index (χ1n) is 10.7. The number of fused-ring (bicyclic) bond motifs is 1. The smallest absolute Gasteiger partial charge is 0.275 e. The van der Waals surface area contributed by atoms with E-state index in [1.54, 1.807) is 6.26 Å². The van der Waals surface area contributed by atoms with Crippen molar-refractivity contribution < 1.29 is 24.0 Å². The van der Waals surface area contributed by atoms with Crippen molar-refractivity contribution in [1.29, 1.82) is 0 Å². The molecule has 162 valence electrons. The first-order valence-corrected chi connectivity index (χ1v) is 10.7. The molecule has 0 spiro atoms. The maximum absolute atomic E-state index is 12.9. The molecule has 0 fully saturated rings. The van der Waals surface area contributed by atoms with Crippen molar-refractivity contribution in [2.45, 2.75) is 25.9 Å². The molecule has 4 rings (SSSR count). The lowest BCUT2D eigenvalue weighted by Crippen LogP contribution is -2.87. The minimum atomic E-state index is -0.115. The fourth-order valence-corrected chi connectivity index (χ4v) is 3.89. The molecule has 6 nitrogen and oxygen atoms in total. The van der Waals surface area contributed by atoms with Gasteiger partial charge >= 0.3 is 0 Å². The van der Waals surface area contributed by atoms with Crippen molar-refractivity contribution in [2.75, 3.05) is 19.8 Å². The van der Waals surface area contributed by atoms with Crippen molar-refractivity contribution in [3.8, 4) is 11.5 Å². The summed E-state index contributed by atoms with van der Waals surface area (Å²) in [7, 11) is 0. The minimum Gasteiger partial charge on any atom is -0.486 e. The van der Waals surface area contributed by atoms with Crippen LogP contribution >= 0.6 is 0 Å². The molecule has 3 N–H and O–H groups in total. The summed E-state index contributed by atoms with van der Waals surface area (Å²) in [5.74, 6) is 2.51. The number of furan rings is 1. The molecule has 1 aliphatic rings. The van der Waals surface area contributed by atoms with E-state index >= 15 is 0 Å². The van der Waals surface area contributed by atoms with Crippen LogP contribution < -0.4 is 20.1 Å². The summed E-state index contributed by atoms with van der Waals surface area (Å²) in [4.78, 5) is 12.9. The Balaban J connectivity index is 1.44. The van der Waals surface area contributed by atoms with Crippen LogP contribution in [0.1, 0.15) is 42.8 Å². The lowest BCUT2D eigenvalue weighted by atomic mass is 9.95. The number of carbonyl (C=O) groups excluding carboxylic acids is 1. The Morgan fingerprint density at radius 1 is 0.968 bits per heavy atom. The molecule has 0 saturated carbocycles. The Morgan fingerprint density at radius 2 is 1.74 bits per heavy atom. The average Bonchev–Trinajstić information content (AvgIpc) is 3.32. The molecule has 0 radical (unpaired) electrons. The lowest BCUT2D eigenvalue weighted by molar-refractivity contribution is -0.678. The van der Waals surface area contributed by atoms with Gasteiger partial charge in [-0.2, -0.15) is 0 Å². The highest BCUT2D eigenvalue weighted by Gasteiger charge is 2.25. The number of amides is 1. The topological polar surface area (TPSA) is 77.3 Å². The van der Waals surface area contributed by atoms with Crippen LogP contribution in [-0.4, -0.2) is 25.7 Å². The van der Waals surface area contributed by atoms with Crippen LogP contribution in [0.25, 0.3) is 0 Å². The van der Waals surface area contributed by atoms with Gasteiger partial charge in [-0.05, 0) is 35.7 Å². The second-order valence-corrected chi connectivity index (χ2v) is 8.04. The van der Waals surface area contributed by atoms with Crippen LogP contribution in [0.3, 0.4) is 0 Å². The first-order chi connectivity index (χ1) is 15.1. The molecular formula is C25H29N2O4+. The zero-order valence-corrected chi connectivity index (χ0v) is 17.9. The molecule has 2 heterocycles. The predicted molar refractivity (Wildman–Crippen MR) is 117 cm³/mol. The quantitative estimate of drug-likeness (QED) is 0.586. The summed E-state index contributed by atoms with van der Waals surface area (Å²) in [5.41, 5.74) is 2.11. The van der Waals surface area contributed by atoms with Crippen molar-refractivity contribution in [1.82, 2.24) is 5.32 Å². The van der Waals surface area contributed by atoms with Gasteiger partial charge < -0.3 is 24.5 Å². The third-order valence-electron chi connectivity index (χ3n) is 5.46. The summed E-state index contributed by atoms with van der Waals surface area (Å²) in [6.07, 6.45) is 1.66. The monoisotopic (exact) mass is 421 g/mol. The van der Waals surface area contributed by atoms with Crippen LogP contribution in [0, 0.1) is 5.92 Å². The highest BCUT2D eigenvalue weighted by Crippen LogP contribution is 2.34. The average molecular weight is 422 g/mol. The molecule has 0 bridgehead atoms. The van der Waals surface area contributed by atoms with Gasteiger partial charge in [0.1, 0.15) is 13.2 Å². The Bertz CT molecular complexity index is 986. The van der Waals surface area contributed by atoms with E-state index in [0.717, 1.165) is 28.4 Å². The predicted octanol–water partition coefficient (Wildman–Crippen LogP) is 3.22. The molecular weight excluding hydrogens is 392 g/mol. The second kappa shape index (κ2) is 9.71. The number of nitrogens with one attached hydrogen (secondary N) is 1. The van der Waals surface area contributed by atoms with Gasteiger partial charge in [-0.25, -0.2) is 0 Å². The van der Waals surface area contributed by atoms with Crippen LogP contribution in [0.4, 0.5) is 0 Å². The van der Waals surface area contributed by atoms with Crippen molar-refractivity contribution >= 4 is 5.91 Å². The fourth-order valence-electron chi connectivity index (χ4n) is 3.89. The maximum atomic E-state index is 12.9. The zero-order valence-electron chi connectivity index (χ0n) is 17.9. The molecule has 0 saturated heterocycles. The lowest BCUT2D eigenvalue weighted by Gasteiger charge is -2.25. The van der Waals surface area contributed by atoms with Gasteiger partial charge in [0.25, 0.3) is 5.91 Å². The summed E-state index contributed by atoms with van der Waals surface area (Å²) >= 11 is 0. The zero-order chi connectivity index (χ0) is 21.6. The van der Waals surface area contributed by atoms with E-state index in [2.05, 4.69) is 19.2 Å². The van der Waals surface area contributed by atoms with Gasteiger partial charge in [0.05, 0.1) is 12.3 Å². The van der Waals surface area contributed by atoms with Crippen LogP contribution in [0.15, 0.2) is 71.3 Å². The van der Waals surface area contributed by atoms with E-state index < -0.39 is 0 Å². The van der Waals surface area contributed by atoms with Gasteiger partial charge in [-0.3, -0.25) is 4.79 Å². The highest BCUT2D eigenvalue weighted by atomic mass is 16.6. The van der Waals surface area contributed by atoms with Crippen LogP contribution in [0.2, 0.25) is 0 Å². The number of benzene rings is 2. The largest absolute Gasteiger partial charge is 0.486 e. The number of rotatable bonds is 8. The number of hydrogen-bond donors (Lipinski definition) is 2. The van der Waals surface area contributed by atoms with Gasteiger partial charge in [-0.1, -0.05) is 50.2 Å². The maximum Gasteiger partial charge on any atom is 0.275 e. The number of hydrogen-bond acceptors (Lipinski definition) is 4. The molecule has 6 heteroatoms. The number of nitrogens with two attached hydrogens (primary N) is 1. The third kappa shape index (κ3) is 5.09. The number of ether oxygens (including phenoxy) is 2. The molecule has 2 atom stereocenters. The summed E-state index contributed by atoms with van der Waals surface area (Å²) < 4.78 is 17.0. The Labute approximate surface area is 182 Å². The number of carbonyl (C=O) groups is 1. The van der Waals surface area contributed by atoms with Crippen LogP contribution in [0.5, 0.6) is 11.5 Å². The Morgan fingerprint density at radius 3 is 2.45 bits per heavy atom. The van der Waals surface area contributed by atoms with Crippen molar-refractivity contribution in [2.24, 2.45) is 5.92 Å². The Hall–Kier alpha value is -3.25. The van der Waals surface area contributed by atoms with Gasteiger partial charge in [0.15, 0.2) is 29.8 Å². The van der Waals surface area contributed by atoms with E-state index in [1.807, 2.05) is 66.0 Å². The second-order valence-electron chi connectivity index (χ2n) is 8.04. The molecule has 1 amide bonds. The highest BCUT2D eigenvalue weighted by molar-refractivity contribution is 5.77. The Kier molecular flexibility index (Phi) is 6.57. The molecule has 31 heavy (non-hydrogen) atoms. The fraction of sp³-hybridized carbons (Fsp3) is 0.320. The van der Waals surface area contributed by atoms with E-state index in [4.69, 9.17) is 13.9 Å². The van der Waals surface area contributed by atoms with Crippen molar-refractivity contribution in [3.05, 3.63) is 83.8 Å². The molecule has 0 unspecified atom stereocenters. The van der Waals surface area contributed by atoms with E-state index in [-0.39, 0.29) is 30.5 Å². The molecule has 2 aromatic carbocycles. The summed E-state index contributed by atoms with van der Waals surface area (Å²) in [5, 5.41) is 5.20. The van der Waals surface area contributed by atoms with E-state index in [0.29, 0.717) is 13.2 Å². The normalized spacial score (nSPS) is 14.8. The third-order valence-corrected chi connectivity index (χ3v) is 5.46. The summed E-state index contributed by atoms with van der Waals surface area (Å²) in [6.45, 7) is 5.58. The molecule has 3 aromatic rings. The summed E-state index contributed by atoms with van der Waals surface area (Å²) in [6, 6.07) is 19.6. The van der Waals surface area contributed by atoms with Gasteiger partial charge in [0, 0.05) is 5.56 Å². The van der Waals surface area contributed by atoms with Gasteiger partial charge in [0.2, 0.25) is 0 Å². The number of quaternary nitrogens is 1. The molecule has 1 aromatic heterocycles. The molecule has 0 aliphatic carbocycles. The van der Waals surface area contributed by atoms with Crippen molar-refractivity contribution in [3.63, 3.8) is 0 Å². The minimum absolute atomic E-state index is 0.0268. The molecule has 1 aliphatic heterocycles. The standard InChI is InChI=1S/C25H28N2O4/c1-17(2)24(19-10-11-20-22(15-19)31-14-13-30-20)27-23(28)16-26-25(21-9-6-12-29-21)18-7-4-3-5-8-18/h3-12,15,17,24-26H,13-14,16H2,1-2H3,(H,27,28)/p+1/t24-,25+/m1/s1. The SMILES string of the molecule is CC(C)[C@@H](NC(=O)C[NH2+][C@@H](c1ccccc1)c1ccco1)c1ccc2c(c1)OCCO2. The van der Waals surface area contributed by atoms with Crippen LogP contribution in [-0.2, 0) is 4.79 Å². The van der Waals surface area contributed by atoms with E-state index in [9.17, 15) is 4.79 Å². The first kappa shape index (κ1) is 21.0.